The SMILES string of the molecule is C[C@@H]1[C@H](C(=O)O)CCCN1C(=O)c1ccnc(OCC(F)(F)F)c1. The highest BCUT2D eigenvalue weighted by Gasteiger charge is 2.36. The van der Waals surface area contributed by atoms with Crippen LogP contribution in [0.3, 0.4) is 0 Å². The molecule has 0 unspecified atom stereocenters. The number of nitrogens with zero attached hydrogens (tertiary/aromatic N) is 2. The van der Waals surface area contributed by atoms with E-state index >= 15 is 0 Å². The van der Waals surface area contributed by atoms with E-state index in [1.807, 2.05) is 0 Å². The summed E-state index contributed by atoms with van der Waals surface area (Å²) in [6.45, 7) is 0.543. The van der Waals surface area contributed by atoms with Crippen molar-refractivity contribution in [3.8, 4) is 5.88 Å². The van der Waals surface area contributed by atoms with E-state index in [4.69, 9.17) is 0 Å². The van der Waals surface area contributed by atoms with Crippen LogP contribution in [-0.2, 0) is 4.79 Å². The summed E-state index contributed by atoms with van der Waals surface area (Å²) in [5.41, 5.74) is 0.111. The van der Waals surface area contributed by atoms with Gasteiger partial charge in [0.25, 0.3) is 5.91 Å². The molecule has 6 nitrogen and oxygen atoms in total. The lowest BCUT2D eigenvalue weighted by molar-refractivity contribution is -0.154. The van der Waals surface area contributed by atoms with E-state index in [1.54, 1.807) is 6.92 Å². The first-order valence-electron chi connectivity index (χ1n) is 7.38. The molecule has 0 aliphatic carbocycles. The number of likely N-dealkylation sites (tertiary alicyclic amines) is 1. The van der Waals surface area contributed by atoms with Gasteiger partial charge in [-0.2, -0.15) is 13.2 Å². The molecule has 1 aliphatic heterocycles. The first-order valence-corrected chi connectivity index (χ1v) is 7.38. The van der Waals surface area contributed by atoms with Gasteiger partial charge in [-0.05, 0) is 25.8 Å². The molecule has 2 heterocycles. The Balaban J connectivity index is 2.13. The molecule has 0 bridgehead atoms. The molecular formula is C15H17F3N2O4. The molecule has 1 amide bonds. The highest BCUT2D eigenvalue weighted by molar-refractivity contribution is 5.95. The number of amides is 1. The molecule has 2 rings (SSSR count). The lowest BCUT2D eigenvalue weighted by atomic mass is 9.90. The van der Waals surface area contributed by atoms with Crippen LogP contribution in [0.15, 0.2) is 18.3 Å². The van der Waals surface area contributed by atoms with Crippen LogP contribution in [-0.4, -0.2) is 52.2 Å². The van der Waals surface area contributed by atoms with E-state index in [0.717, 1.165) is 6.07 Å². The third-order valence-corrected chi connectivity index (χ3v) is 3.93. The molecule has 0 aromatic carbocycles. The molecule has 0 spiro atoms. The third-order valence-electron chi connectivity index (χ3n) is 3.93. The number of hydrogen-bond donors (Lipinski definition) is 1. The van der Waals surface area contributed by atoms with Crippen LogP contribution in [0.25, 0.3) is 0 Å². The third kappa shape index (κ3) is 4.36. The molecule has 2 atom stereocenters. The number of hydrogen-bond acceptors (Lipinski definition) is 4. The summed E-state index contributed by atoms with van der Waals surface area (Å²) in [5, 5.41) is 9.19. The summed E-state index contributed by atoms with van der Waals surface area (Å²) >= 11 is 0. The fourth-order valence-corrected chi connectivity index (χ4v) is 2.70. The fourth-order valence-electron chi connectivity index (χ4n) is 2.70. The highest BCUT2D eigenvalue weighted by Crippen LogP contribution is 2.26. The number of halogens is 3. The van der Waals surface area contributed by atoms with Crippen LogP contribution < -0.4 is 4.74 Å². The monoisotopic (exact) mass is 346 g/mol. The van der Waals surface area contributed by atoms with Crippen LogP contribution in [0.4, 0.5) is 13.2 Å². The number of pyridine rings is 1. The van der Waals surface area contributed by atoms with Crippen LogP contribution in [0.1, 0.15) is 30.1 Å². The summed E-state index contributed by atoms with van der Waals surface area (Å²) < 4.78 is 41.1. The van der Waals surface area contributed by atoms with Crippen molar-refractivity contribution in [2.45, 2.75) is 32.0 Å². The van der Waals surface area contributed by atoms with Crippen molar-refractivity contribution in [1.82, 2.24) is 9.88 Å². The zero-order valence-corrected chi connectivity index (χ0v) is 12.9. The Morgan fingerprint density at radius 1 is 1.46 bits per heavy atom. The molecule has 1 N–H and O–H groups in total. The first-order chi connectivity index (χ1) is 11.2. The summed E-state index contributed by atoms with van der Waals surface area (Å²) in [5.74, 6) is -2.39. The summed E-state index contributed by atoms with van der Waals surface area (Å²) in [6.07, 6.45) is -2.29. The molecule has 24 heavy (non-hydrogen) atoms. The van der Waals surface area contributed by atoms with Crippen molar-refractivity contribution in [2.24, 2.45) is 5.92 Å². The van der Waals surface area contributed by atoms with Crippen molar-refractivity contribution in [3.63, 3.8) is 0 Å². The minimum absolute atomic E-state index is 0.111. The zero-order valence-electron chi connectivity index (χ0n) is 12.9. The maximum Gasteiger partial charge on any atom is 0.422 e. The summed E-state index contributed by atoms with van der Waals surface area (Å²) in [6, 6.07) is 1.99. The number of carboxylic acid groups (broad SMARTS) is 1. The molecule has 1 fully saturated rings. The Bertz CT molecular complexity index is 621. The van der Waals surface area contributed by atoms with E-state index in [-0.39, 0.29) is 11.4 Å². The van der Waals surface area contributed by atoms with Gasteiger partial charge in [-0.3, -0.25) is 9.59 Å². The first kappa shape index (κ1) is 18.0. The van der Waals surface area contributed by atoms with Gasteiger partial charge in [0.05, 0.1) is 5.92 Å². The van der Waals surface area contributed by atoms with E-state index in [9.17, 15) is 27.9 Å². The van der Waals surface area contributed by atoms with Crippen molar-refractivity contribution in [3.05, 3.63) is 23.9 Å². The second-order valence-corrected chi connectivity index (χ2v) is 5.61. The van der Waals surface area contributed by atoms with Gasteiger partial charge in [0, 0.05) is 30.4 Å². The Morgan fingerprint density at radius 2 is 2.17 bits per heavy atom. The largest absolute Gasteiger partial charge is 0.481 e. The normalized spacial score (nSPS) is 21.4. The Morgan fingerprint density at radius 3 is 2.79 bits per heavy atom. The second kappa shape index (κ2) is 7.06. The average Bonchev–Trinajstić information content (AvgIpc) is 2.52. The van der Waals surface area contributed by atoms with Gasteiger partial charge in [-0.25, -0.2) is 4.98 Å². The van der Waals surface area contributed by atoms with Crippen molar-refractivity contribution >= 4 is 11.9 Å². The lowest BCUT2D eigenvalue weighted by Gasteiger charge is -2.37. The van der Waals surface area contributed by atoms with E-state index in [0.29, 0.717) is 19.4 Å². The number of carboxylic acids is 1. The molecular weight excluding hydrogens is 329 g/mol. The van der Waals surface area contributed by atoms with Crippen LogP contribution in [0.5, 0.6) is 5.88 Å². The van der Waals surface area contributed by atoms with E-state index in [1.165, 1.54) is 17.2 Å². The minimum atomic E-state index is -4.50. The number of ether oxygens (including phenoxy) is 1. The number of alkyl halides is 3. The topological polar surface area (TPSA) is 79.7 Å². The quantitative estimate of drug-likeness (QED) is 0.905. The maximum absolute atomic E-state index is 12.6. The van der Waals surface area contributed by atoms with Gasteiger partial charge in [0.1, 0.15) is 0 Å². The van der Waals surface area contributed by atoms with Crippen molar-refractivity contribution in [1.29, 1.82) is 0 Å². The Kier molecular flexibility index (Phi) is 5.30. The number of piperidine rings is 1. The minimum Gasteiger partial charge on any atom is -0.481 e. The number of carbonyl (C=O) groups excluding carboxylic acids is 1. The Labute approximate surface area is 136 Å². The molecule has 132 valence electrons. The van der Waals surface area contributed by atoms with E-state index in [2.05, 4.69) is 9.72 Å². The van der Waals surface area contributed by atoms with E-state index < -0.39 is 36.6 Å². The predicted molar refractivity (Wildman–Crippen MR) is 76.6 cm³/mol. The van der Waals surface area contributed by atoms with Gasteiger partial charge in [0.15, 0.2) is 6.61 Å². The van der Waals surface area contributed by atoms with Crippen LogP contribution in [0, 0.1) is 5.92 Å². The molecule has 1 aliphatic rings. The fraction of sp³-hybridized carbons (Fsp3) is 0.533. The van der Waals surface area contributed by atoms with Gasteiger partial charge in [-0.15, -0.1) is 0 Å². The van der Waals surface area contributed by atoms with Crippen molar-refractivity contribution < 1.29 is 32.6 Å². The summed E-state index contributed by atoms with van der Waals surface area (Å²) in [7, 11) is 0. The molecule has 1 saturated heterocycles. The standard InChI is InChI=1S/C15H17F3N2O4/c1-9-11(14(22)23)3-2-6-20(9)13(21)10-4-5-19-12(7-10)24-8-15(16,17)18/h4-5,7,9,11H,2-3,6,8H2,1H3,(H,22,23)/t9-,11-/m1/s1. The van der Waals surface area contributed by atoms with Gasteiger partial charge in [0.2, 0.25) is 5.88 Å². The molecule has 1 aromatic rings. The second-order valence-electron chi connectivity index (χ2n) is 5.61. The lowest BCUT2D eigenvalue weighted by Crippen LogP contribution is -2.49. The average molecular weight is 346 g/mol. The molecule has 0 radical (unpaired) electrons. The van der Waals surface area contributed by atoms with Gasteiger partial charge < -0.3 is 14.7 Å². The number of aliphatic carboxylic acids is 1. The smallest absolute Gasteiger partial charge is 0.422 e. The van der Waals surface area contributed by atoms with Crippen molar-refractivity contribution in [2.75, 3.05) is 13.2 Å². The number of carbonyl (C=O) groups is 2. The maximum atomic E-state index is 12.6. The van der Waals surface area contributed by atoms with Gasteiger partial charge >= 0.3 is 12.1 Å². The molecule has 9 heteroatoms. The predicted octanol–water partition coefficient (Wildman–Crippen LogP) is 2.35. The summed E-state index contributed by atoms with van der Waals surface area (Å²) in [4.78, 5) is 28.9. The molecule has 0 saturated carbocycles. The number of aromatic nitrogens is 1. The molecule has 1 aromatic heterocycles. The zero-order chi connectivity index (χ0) is 17.9. The van der Waals surface area contributed by atoms with Crippen LogP contribution in [0.2, 0.25) is 0 Å². The van der Waals surface area contributed by atoms with Crippen LogP contribution >= 0.6 is 0 Å². The highest BCUT2D eigenvalue weighted by atomic mass is 19.4. The number of rotatable bonds is 4. The van der Waals surface area contributed by atoms with Gasteiger partial charge in [-0.1, -0.05) is 0 Å². The Hall–Kier alpha value is -2.32.